The Labute approximate surface area is 190 Å². The van der Waals surface area contributed by atoms with Gasteiger partial charge in [-0.15, -0.1) is 11.3 Å². The van der Waals surface area contributed by atoms with E-state index >= 15 is 0 Å². The Hall–Kier alpha value is -3.56. The highest BCUT2D eigenvalue weighted by molar-refractivity contribution is 7.18. The number of hydrogen-bond acceptors (Lipinski definition) is 6. The van der Waals surface area contributed by atoms with E-state index in [0.717, 1.165) is 15.0 Å². The van der Waals surface area contributed by atoms with Crippen molar-refractivity contribution < 1.29 is 9.72 Å². The molecule has 0 radical (unpaired) electrons. The number of aryl methyl sites for hydroxylation is 2. The van der Waals surface area contributed by atoms with E-state index in [9.17, 15) is 24.5 Å². The van der Waals surface area contributed by atoms with Gasteiger partial charge >= 0.3 is 5.69 Å². The molecule has 0 bridgehead atoms. The van der Waals surface area contributed by atoms with Gasteiger partial charge in [-0.25, -0.2) is 9.36 Å². The first-order chi connectivity index (χ1) is 15.2. The van der Waals surface area contributed by atoms with Crippen LogP contribution in [-0.4, -0.2) is 19.8 Å². The van der Waals surface area contributed by atoms with Gasteiger partial charge in [0.25, 0.3) is 11.2 Å². The molecule has 0 aliphatic heterocycles. The molecule has 0 fully saturated rings. The Morgan fingerprint density at radius 2 is 1.81 bits per heavy atom. The maximum Gasteiger partial charge on any atom is 0.337 e. The predicted molar refractivity (Wildman–Crippen MR) is 124 cm³/mol. The van der Waals surface area contributed by atoms with Crippen LogP contribution in [-0.2, 0) is 6.54 Å². The second-order valence-corrected chi connectivity index (χ2v) is 8.82. The minimum absolute atomic E-state index is 0.105. The molecule has 162 valence electrons. The second kappa shape index (κ2) is 8.18. The fraction of sp³-hybridized carbons (Fsp3) is 0.136. The average Bonchev–Trinajstić information content (AvgIpc) is 3.07. The largest absolute Gasteiger partial charge is 0.337 e. The minimum atomic E-state index is -0.676. The zero-order valence-electron chi connectivity index (χ0n) is 17.0. The highest BCUT2D eigenvalue weighted by atomic mass is 35.5. The third-order valence-corrected chi connectivity index (χ3v) is 6.70. The van der Waals surface area contributed by atoms with E-state index in [2.05, 4.69) is 0 Å². The number of fused-ring (bicyclic) bond motifs is 1. The Balaban J connectivity index is 1.94. The number of Topliss-reactive ketones (excluding diaryl/α,β-unsaturated/α-hetero) is 1. The molecule has 0 spiro atoms. The lowest BCUT2D eigenvalue weighted by atomic mass is 10.1. The minimum Gasteiger partial charge on any atom is -0.292 e. The standard InChI is InChI=1S/C22H16ClN3O5S/c1-12-13(2)32-21-19(12)20(28)25(16-8-6-15(23)7-9-16)22(29)24(21)11-18(27)14-4-3-5-17(10-14)26(30)31/h3-10H,11H2,1-2H3. The van der Waals surface area contributed by atoms with E-state index in [0.29, 0.717) is 20.9 Å². The fourth-order valence-corrected chi connectivity index (χ4v) is 4.71. The Kier molecular flexibility index (Phi) is 5.53. The topological polar surface area (TPSA) is 104 Å². The van der Waals surface area contributed by atoms with E-state index in [4.69, 9.17) is 11.6 Å². The highest BCUT2D eigenvalue weighted by Gasteiger charge is 2.22. The molecule has 0 atom stereocenters. The van der Waals surface area contributed by atoms with Gasteiger partial charge in [0, 0.05) is 27.6 Å². The number of non-ortho nitro benzene ring substituents is 1. The summed E-state index contributed by atoms with van der Waals surface area (Å²) in [5.74, 6) is -0.484. The molecule has 2 heterocycles. The van der Waals surface area contributed by atoms with Crippen molar-refractivity contribution in [1.82, 2.24) is 9.13 Å². The third-order valence-electron chi connectivity index (χ3n) is 5.22. The SMILES string of the molecule is Cc1sc2c(c1C)c(=O)n(-c1ccc(Cl)cc1)c(=O)n2CC(=O)c1cccc([N+](=O)[O-])c1. The van der Waals surface area contributed by atoms with Gasteiger partial charge in [0.2, 0.25) is 0 Å². The molecular formula is C22H16ClN3O5S. The number of ketones is 1. The van der Waals surface area contributed by atoms with Gasteiger partial charge in [0.1, 0.15) is 4.83 Å². The predicted octanol–water partition coefficient (Wildman–Crippen LogP) is 4.28. The average molecular weight is 470 g/mol. The molecule has 0 saturated heterocycles. The lowest BCUT2D eigenvalue weighted by Gasteiger charge is -2.12. The molecule has 0 amide bonds. The van der Waals surface area contributed by atoms with Crippen molar-refractivity contribution >= 4 is 44.6 Å². The van der Waals surface area contributed by atoms with Crippen LogP contribution in [0.4, 0.5) is 5.69 Å². The summed E-state index contributed by atoms with van der Waals surface area (Å²) >= 11 is 7.20. The van der Waals surface area contributed by atoms with Gasteiger partial charge in [-0.1, -0.05) is 23.7 Å². The summed E-state index contributed by atoms with van der Waals surface area (Å²) in [6.07, 6.45) is 0. The molecule has 10 heteroatoms. The summed E-state index contributed by atoms with van der Waals surface area (Å²) in [6.45, 7) is 3.26. The molecule has 8 nitrogen and oxygen atoms in total. The molecule has 2 aromatic heterocycles. The van der Waals surface area contributed by atoms with E-state index in [1.807, 2.05) is 6.92 Å². The van der Waals surface area contributed by atoms with Crippen LogP contribution in [0.15, 0.2) is 58.1 Å². The van der Waals surface area contributed by atoms with Crippen LogP contribution in [0.25, 0.3) is 15.9 Å². The van der Waals surface area contributed by atoms with Gasteiger partial charge in [-0.2, -0.15) is 0 Å². The number of benzene rings is 2. The van der Waals surface area contributed by atoms with Gasteiger partial charge in [0.15, 0.2) is 5.78 Å². The van der Waals surface area contributed by atoms with Crippen LogP contribution < -0.4 is 11.2 Å². The highest BCUT2D eigenvalue weighted by Crippen LogP contribution is 2.27. The van der Waals surface area contributed by atoms with Gasteiger partial charge < -0.3 is 0 Å². The Morgan fingerprint density at radius 3 is 2.47 bits per heavy atom. The van der Waals surface area contributed by atoms with Crippen molar-refractivity contribution in [1.29, 1.82) is 0 Å². The zero-order valence-corrected chi connectivity index (χ0v) is 18.6. The van der Waals surface area contributed by atoms with Gasteiger partial charge in [-0.3, -0.25) is 24.3 Å². The number of halogens is 1. The number of hydrogen-bond donors (Lipinski definition) is 0. The first-order valence-electron chi connectivity index (χ1n) is 9.48. The van der Waals surface area contributed by atoms with Crippen LogP contribution in [0.5, 0.6) is 0 Å². The van der Waals surface area contributed by atoms with Crippen LogP contribution in [0.1, 0.15) is 20.8 Å². The lowest BCUT2D eigenvalue weighted by molar-refractivity contribution is -0.384. The van der Waals surface area contributed by atoms with E-state index in [1.165, 1.54) is 40.2 Å². The molecule has 0 aliphatic carbocycles. The quantitative estimate of drug-likeness (QED) is 0.246. The van der Waals surface area contributed by atoms with Crippen molar-refractivity contribution in [3.05, 3.63) is 101 Å². The molecule has 0 unspecified atom stereocenters. The van der Waals surface area contributed by atoms with E-state index < -0.39 is 22.0 Å². The summed E-state index contributed by atoms with van der Waals surface area (Å²) < 4.78 is 2.26. The number of carbonyl (C=O) groups is 1. The summed E-state index contributed by atoms with van der Waals surface area (Å²) in [5.41, 5.74) is -0.214. The third kappa shape index (κ3) is 3.65. The number of nitro benzene ring substituents is 1. The first-order valence-corrected chi connectivity index (χ1v) is 10.7. The smallest absolute Gasteiger partial charge is 0.292 e. The van der Waals surface area contributed by atoms with Crippen LogP contribution in [0, 0.1) is 24.0 Å². The molecule has 0 N–H and O–H groups in total. The molecule has 0 saturated carbocycles. The molecule has 4 rings (SSSR count). The van der Waals surface area contributed by atoms with E-state index in [1.54, 1.807) is 31.2 Å². The maximum atomic E-state index is 13.4. The summed E-state index contributed by atoms with van der Waals surface area (Å²) in [5, 5.41) is 11.9. The van der Waals surface area contributed by atoms with Crippen LogP contribution in [0.3, 0.4) is 0 Å². The number of nitro groups is 1. The summed E-state index contributed by atoms with van der Waals surface area (Å²) in [7, 11) is 0. The molecule has 4 aromatic rings. The summed E-state index contributed by atoms with van der Waals surface area (Å²) in [6, 6.07) is 11.6. The molecule has 32 heavy (non-hydrogen) atoms. The molecular weight excluding hydrogens is 454 g/mol. The fourth-order valence-electron chi connectivity index (χ4n) is 3.44. The molecule has 2 aromatic carbocycles. The first kappa shape index (κ1) is 21.7. The van der Waals surface area contributed by atoms with Gasteiger partial charge in [-0.05, 0) is 43.7 Å². The van der Waals surface area contributed by atoms with Gasteiger partial charge in [0.05, 0.1) is 22.5 Å². The van der Waals surface area contributed by atoms with Crippen molar-refractivity contribution in [3.8, 4) is 5.69 Å². The normalized spacial score (nSPS) is 11.1. The van der Waals surface area contributed by atoms with Crippen molar-refractivity contribution in [2.75, 3.05) is 0 Å². The molecule has 0 aliphatic rings. The maximum absolute atomic E-state index is 13.4. The Morgan fingerprint density at radius 1 is 1.12 bits per heavy atom. The van der Waals surface area contributed by atoms with Crippen LogP contribution >= 0.6 is 22.9 Å². The second-order valence-electron chi connectivity index (χ2n) is 7.18. The number of nitrogens with zero attached hydrogens (tertiary/aromatic N) is 3. The van der Waals surface area contributed by atoms with E-state index in [-0.39, 0.29) is 17.8 Å². The Bertz CT molecular complexity index is 1520. The monoisotopic (exact) mass is 469 g/mol. The zero-order chi connectivity index (χ0) is 23.2. The van der Waals surface area contributed by atoms with Crippen LogP contribution in [0.2, 0.25) is 5.02 Å². The van der Waals surface area contributed by atoms with Crippen molar-refractivity contribution in [3.63, 3.8) is 0 Å². The number of carbonyl (C=O) groups excluding carboxylic acids is 1. The van der Waals surface area contributed by atoms with Crippen molar-refractivity contribution in [2.45, 2.75) is 20.4 Å². The number of rotatable bonds is 5. The number of aromatic nitrogens is 2. The number of thiophene rings is 1. The lowest BCUT2D eigenvalue weighted by Crippen LogP contribution is -2.39. The van der Waals surface area contributed by atoms with Crippen molar-refractivity contribution in [2.24, 2.45) is 0 Å². The summed E-state index contributed by atoms with van der Waals surface area (Å²) in [4.78, 5) is 51.3.